The van der Waals surface area contributed by atoms with Gasteiger partial charge in [-0.05, 0) is 52.0 Å². The zero-order valence-electron chi connectivity index (χ0n) is 11.9. The van der Waals surface area contributed by atoms with Gasteiger partial charge in [-0.2, -0.15) is 0 Å². The molecule has 3 nitrogen and oxygen atoms in total. The van der Waals surface area contributed by atoms with Gasteiger partial charge in [-0.25, -0.2) is 0 Å². The summed E-state index contributed by atoms with van der Waals surface area (Å²) >= 11 is 4.24. The second kappa shape index (κ2) is 4.84. The number of ether oxygens (including phenoxy) is 1. The molecule has 0 saturated carbocycles. The topological polar surface area (TPSA) is 29.5 Å². The van der Waals surface area contributed by atoms with Crippen molar-refractivity contribution in [3.05, 3.63) is 29.8 Å². The summed E-state index contributed by atoms with van der Waals surface area (Å²) < 4.78 is 5.99. The highest BCUT2D eigenvalue weighted by molar-refractivity contribution is 7.80. The van der Waals surface area contributed by atoms with Crippen molar-refractivity contribution in [1.82, 2.24) is 4.90 Å². The Morgan fingerprint density at radius 1 is 1.11 bits per heavy atom. The Balaban J connectivity index is 2.21. The molecule has 0 atom stereocenters. The van der Waals surface area contributed by atoms with Crippen LogP contribution in [0.25, 0.3) is 0 Å². The second-order valence-electron chi connectivity index (χ2n) is 6.33. The lowest BCUT2D eigenvalue weighted by atomic mass is 9.98. The average Bonchev–Trinajstić information content (AvgIpc) is 2.25. The Kier molecular flexibility index (Phi) is 3.67. The summed E-state index contributed by atoms with van der Waals surface area (Å²) in [7, 11) is 0. The molecular weight excluding hydrogens is 258 g/mol. The minimum atomic E-state index is -0.319. The first-order valence-electron chi connectivity index (χ1n) is 6.47. The molecule has 0 spiro atoms. The summed E-state index contributed by atoms with van der Waals surface area (Å²) in [4.78, 5) is 15.3. The van der Waals surface area contributed by atoms with Crippen LogP contribution in [0.3, 0.4) is 0 Å². The van der Waals surface area contributed by atoms with Gasteiger partial charge in [0, 0.05) is 23.5 Å². The Hall–Kier alpha value is -1.00. The van der Waals surface area contributed by atoms with Crippen LogP contribution in [0.15, 0.2) is 29.2 Å². The van der Waals surface area contributed by atoms with Gasteiger partial charge in [-0.1, -0.05) is 0 Å². The molecule has 1 fully saturated rings. The van der Waals surface area contributed by atoms with Crippen LogP contribution in [-0.2, 0) is 4.74 Å². The second-order valence-corrected chi connectivity index (χ2v) is 6.85. The SMILES string of the molecule is CC1(C)CN(C(=O)c2ccc(S)cc2)CC(C)(C)O1. The van der Waals surface area contributed by atoms with Crippen LogP contribution in [0, 0.1) is 0 Å². The van der Waals surface area contributed by atoms with Gasteiger partial charge in [-0.15, -0.1) is 12.6 Å². The van der Waals surface area contributed by atoms with Gasteiger partial charge in [-0.3, -0.25) is 4.79 Å². The quantitative estimate of drug-likeness (QED) is 0.801. The fourth-order valence-corrected chi connectivity index (χ4v) is 2.87. The predicted molar refractivity (Wildman–Crippen MR) is 78.8 cm³/mol. The third-order valence-electron chi connectivity index (χ3n) is 3.10. The van der Waals surface area contributed by atoms with Gasteiger partial charge in [0.1, 0.15) is 0 Å². The fraction of sp³-hybridized carbons (Fsp3) is 0.533. The summed E-state index contributed by atoms with van der Waals surface area (Å²) in [6, 6.07) is 7.32. The van der Waals surface area contributed by atoms with E-state index in [2.05, 4.69) is 12.6 Å². The van der Waals surface area contributed by atoms with Crippen LogP contribution in [0.5, 0.6) is 0 Å². The van der Waals surface area contributed by atoms with E-state index < -0.39 is 0 Å². The van der Waals surface area contributed by atoms with Gasteiger partial charge in [0.25, 0.3) is 5.91 Å². The molecule has 0 aliphatic carbocycles. The van der Waals surface area contributed by atoms with Crippen LogP contribution < -0.4 is 0 Å². The van der Waals surface area contributed by atoms with Crippen molar-refractivity contribution in [2.45, 2.75) is 43.8 Å². The molecule has 19 heavy (non-hydrogen) atoms. The third kappa shape index (κ3) is 3.51. The Morgan fingerprint density at radius 3 is 2.05 bits per heavy atom. The van der Waals surface area contributed by atoms with Crippen LogP contribution in [-0.4, -0.2) is 35.1 Å². The molecule has 104 valence electrons. The first kappa shape index (κ1) is 14.4. The summed E-state index contributed by atoms with van der Waals surface area (Å²) in [6.45, 7) is 9.29. The van der Waals surface area contributed by atoms with Crippen molar-refractivity contribution < 1.29 is 9.53 Å². The first-order valence-corrected chi connectivity index (χ1v) is 6.92. The molecule has 1 aliphatic heterocycles. The summed E-state index contributed by atoms with van der Waals surface area (Å²) in [6.07, 6.45) is 0. The van der Waals surface area contributed by atoms with Gasteiger partial charge < -0.3 is 9.64 Å². The number of morpholine rings is 1. The normalized spacial score (nSPS) is 21.2. The van der Waals surface area contributed by atoms with E-state index in [1.165, 1.54) is 0 Å². The number of hydrogen-bond acceptors (Lipinski definition) is 3. The van der Waals surface area contributed by atoms with Crippen molar-refractivity contribution in [2.75, 3.05) is 13.1 Å². The number of carbonyl (C=O) groups is 1. The maximum atomic E-state index is 12.5. The number of carbonyl (C=O) groups excluding carboxylic acids is 1. The maximum absolute atomic E-state index is 12.5. The number of rotatable bonds is 1. The zero-order chi connectivity index (χ0) is 14.3. The zero-order valence-corrected chi connectivity index (χ0v) is 12.8. The van der Waals surface area contributed by atoms with Crippen LogP contribution >= 0.6 is 12.6 Å². The standard InChI is InChI=1S/C15H21NO2S/c1-14(2)9-16(10-15(3,4)18-14)13(17)11-5-7-12(19)8-6-11/h5-8,19H,9-10H2,1-4H3. The highest BCUT2D eigenvalue weighted by Gasteiger charge is 2.40. The first-order chi connectivity index (χ1) is 8.69. The van der Waals surface area contributed by atoms with Crippen molar-refractivity contribution in [2.24, 2.45) is 0 Å². The number of thiol groups is 1. The molecular formula is C15H21NO2S. The van der Waals surface area contributed by atoms with Crippen molar-refractivity contribution in [1.29, 1.82) is 0 Å². The Labute approximate surface area is 120 Å². The number of benzene rings is 1. The van der Waals surface area contributed by atoms with E-state index in [1.807, 2.05) is 56.9 Å². The maximum Gasteiger partial charge on any atom is 0.254 e. The lowest BCUT2D eigenvalue weighted by Crippen LogP contribution is -2.58. The van der Waals surface area contributed by atoms with Crippen molar-refractivity contribution >= 4 is 18.5 Å². The Bertz CT molecular complexity index is 463. The van der Waals surface area contributed by atoms with E-state index in [0.29, 0.717) is 18.7 Å². The number of nitrogens with zero attached hydrogens (tertiary/aromatic N) is 1. The van der Waals surface area contributed by atoms with Crippen LogP contribution in [0.2, 0.25) is 0 Å². The summed E-state index contributed by atoms with van der Waals surface area (Å²) in [5.41, 5.74) is 0.0632. The van der Waals surface area contributed by atoms with E-state index in [4.69, 9.17) is 4.74 Å². The molecule has 0 unspecified atom stereocenters. The molecule has 1 heterocycles. The summed E-state index contributed by atoms with van der Waals surface area (Å²) in [5.74, 6) is 0.0535. The van der Waals surface area contributed by atoms with Crippen LogP contribution in [0.1, 0.15) is 38.1 Å². The monoisotopic (exact) mass is 279 g/mol. The third-order valence-corrected chi connectivity index (χ3v) is 3.40. The van der Waals surface area contributed by atoms with E-state index in [0.717, 1.165) is 4.90 Å². The van der Waals surface area contributed by atoms with Crippen molar-refractivity contribution in [3.63, 3.8) is 0 Å². The van der Waals surface area contributed by atoms with Gasteiger partial charge >= 0.3 is 0 Å². The Morgan fingerprint density at radius 2 is 1.58 bits per heavy atom. The van der Waals surface area contributed by atoms with E-state index in [1.54, 1.807) is 0 Å². The van der Waals surface area contributed by atoms with Crippen LogP contribution in [0.4, 0.5) is 0 Å². The number of hydrogen-bond donors (Lipinski definition) is 1. The minimum absolute atomic E-state index is 0.0535. The smallest absolute Gasteiger partial charge is 0.254 e. The van der Waals surface area contributed by atoms with E-state index in [9.17, 15) is 4.79 Å². The molecule has 0 N–H and O–H groups in total. The van der Waals surface area contributed by atoms with E-state index >= 15 is 0 Å². The molecule has 1 saturated heterocycles. The largest absolute Gasteiger partial charge is 0.366 e. The van der Waals surface area contributed by atoms with E-state index in [-0.39, 0.29) is 17.1 Å². The van der Waals surface area contributed by atoms with Crippen molar-refractivity contribution in [3.8, 4) is 0 Å². The van der Waals surface area contributed by atoms with Gasteiger partial charge in [0.05, 0.1) is 11.2 Å². The lowest BCUT2D eigenvalue weighted by Gasteiger charge is -2.47. The highest BCUT2D eigenvalue weighted by Crippen LogP contribution is 2.29. The minimum Gasteiger partial charge on any atom is -0.366 e. The number of amides is 1. The molecule has 1 amide bonds. The lowest BCUT2D eigenvalue weighted by molar-refractivity contribution is -0.171. The van der Waals surface area contributed by atoms with Gasteiger partial charge in [0.2, 0.25) is 0 Å². The molecule has 0 radical (unpaired) electrons. The highest BCUT2D eigenvalue weighted by atomic mass is 32.1. The average molecular weight is 279 g/mol. The molecule has 0 bridgehead atoms. The predicted octanol–water partition coefficient (Wildman–Crippen LogP) is 3.00. The molecule has 1 aliphatic rings. The molecule has 0 aromatic heterocycles. The van der Waals surface area contributed by atoms with Gasteiger partial charge in [0.15, 0.2) is 0 Å². The molecule has 1 aromatic rings. The molecule has 2 rings (SSSR count). The summed E-state index contributed by atoms with van der Waals surface area (Å²) in [5, 5.41) is 0. The molecule has 1 aromatic carbocycles. The molecule has 4 heteroatoms. The fourth-order valence-electron chi connectivity index (χ4n) is 2.72.